The molecule has 0 saturated carbocycles. The molecule has 1 aliphatic heterocycles. The summed E-state index contributed by atoms with van der Waals surface area (Å²) < 4.78 is 9.96. The van der Waals surface area contributed by atoms with Gasteiger partial charge in [-0.15, -0.1) is 0 Å². The maximum absolute atomic E-state index is 12.8. The third kappa shape index (κ3) is 2.82. The van der Waals surface area contributed by atoms with E-state index in [1.807, 2.05) is 0 Å². The van der Waals surface area contributed by atoms with Crippen LogP contribution in [0.3, 0.4) is 0 Å². The van der Waals surface area contributed by atoms with E-state index in [1.165, 1.54) is 14.2 Å². The Hall–Kier alpha value is -2.54. The van der Waals surface area contributed by atoms with E-state index < -0.39 is 5.97 Å². The monoisotopic (exact) mass is 349 g/mol. The number of hydrogen-bond acceptors (Lipinski definition) is 5. The van der Waals surface area contributed by atoms with Gasteiger partial charge in [-0.2, -0.15) is 5.10 Å². The van der Waals surface area contributed by atoms with Crippen molar-refractivity contribution in [3.8, 4) is 5.75 Å². The number of nitrogens with zero attached hydrogens (tertiary/aromatic N) is 2. The Bertz CT molecular complexity index is 803. The van der Waals surface area contributed by atoms with Crippen LogP contribution in [0.1, 0.15) is 32.1 Å². The molecule has 3 rings (SSSR count). The van der Waals surface area contributed by atoms with Gasteiger partial charge in [0.2, 0.25) is 0 Å². The smallest absolute Gasteiger partial charge is 0.358 e. The summed E-state index contributed by atoms with van der Waals surface area (Å²) in [5, 5.41) is 7.28. The number of ether oxygens (including phenoxy) is 2. The predicted octanol–water partition coefficient (Wildman–Crippen LogP) is 2.06. The average molecular weight is 350 g/mol. The molecule has 0 bridgehead atoms. The van der Waals surface area contributed by atoms with Crippen molar-refractivity contribution in [2.24, 2.45) is 0 Å². The first-order valence-electron chi connectivity index (χ1n) is 7.32. The van der Waals surface area contributed by atoms with Crippen LogP contribution in [-0.2, 0) is 17.7 Å². The van der Waals surface area contributed by atoms with Gasteiger partial charge in [-0.25, -0.2) is 4.79 Å². The molecule has 24 heavy (non-hydrogen) atoms. The lowest BCUT2D eigenvalue weighted by Crippen LogP contribution is -2.36. The number of hydrogen-bond donors (Lipinski definition) is 1. The van der Waals surface area contributed by atoms with Crippen LogP contribution in [0.2, 0.25) is 5.02 Å². The van der Waals surface area contributed by atoms with E-state index in [4.69, 9.17) is 21.1 Å². The van der Waals surface area contributed by atoms with Crippen LogP contribution in [0.5, 0.6) is 5.75 Å². The molecule has 8 heteroatoms. The summed E-state index contributed by atoms with van der Waals surface area (Å²) in [7, 11) is 2.82. The molecule has 1 aromatic carbocycles. The highest BCUT2D eigenvalue weighted by Gasteiger charge is 2.29. The van der Waals surface area contributed by atoms with Gasteiger partial charge in [-0.05, 0) is 24.6 Å². The highest BCUT2D eigenvalue weighted by atomic mass is 35.5. The minimum Gasteiger partial charge on any atom is -0.496 e. The van der Waals surface area contributed by atoms with Crippen LogP contribution in [0.25, 0.3) is 0 Å². The van der Waals surface area contributed by atoms with Gasteiger partial charge in [0.1, 0.15) is 5.75 Å². The standard InChI is InChI=1S/C16H16ClN3O4/c1-23-13-4-3-9(17)7-11(13)15(21)20-6-5-10-12(8-20)18-19-14(10)16(22)24-2/h3-4,7H,5-6,8H2,1-2H3,(H,18,19). The number of esters is 1. The Morgan fingerprint density at radius 2 is 2.12 bits per heavy atom. The molecular weight excluding hydrogens is 334 g/mol. The van der Waals surface area contributed by atoms with Gasteiger partial charge in [-0.3, -0.25) is 9.89 Å². The van der Waals surface area contributed by atoms with Crippen molar-refractivity contribution in [1.82, 2.24) is 15.1 Å². The molecule has 7 nitrogen and oxygen atoms in total. The summed E-state index contributed by atoms with van der Waals surface area (Å²) in [6.45, 7) is 0.791. The Balaban J connectivity index is 1.86. The quantitative estimate of drug-likeness (QED) is 0.857. The van der Waals surface area contributed by atoms with Crippen molar-refractivity contribution >= 4 is 23.5 Å². The largest absolute Gasteiger partial charge is 0.496 e. The topological polar surface area (TPSA) is 84.5 Å². The van der Waals surface area contributed by atoms with Gasteiger partial charge in [-0.1, -0.05) is 11.6 Å². The summed E-state index contributed by atoms with van der Waals surface area (Å²) in [6.07, 6.45) is 0.519. The lowest BCUT2D eigenvalue weighted by Gasteiger charge is -2.27. The van der Waals surface area contributed by atoms with Crippen molar-refractivity contribution < 1.29 is 19.1 Å². The molecule has 1 aliphatic rings. The molecule has 1 N–H and O–H groups in total. The first kappa shape index (κ1) is 16.3. The number of methoxy groups -OCH3 is 2. The Kier molecular flexibility index (Phi) is 4.44. The molecular formula is C16H16ClN3O4. The van der Waals surface area contributed by atoms with Crippen LogP contribution < -0.4 is 4.74 Å². The maximum Gasteiger partial charge on any atom is 0.358 e. The molecule has 0 radical (unpaired) electrons. The number of carbonyl (C=O) groups is 2. The lowest BCUT2D eigenvalue weighted by atomic mass is 10.0. The second-order valence-electron chi connectivity index (χ2n) is 5.34. The number of rotatable bonds is 3. The van der Waals surface area contributed by atoms with Gasteiger partial charge in [0.25, 0.3) is 5.91 Å². The number of fused-ring (bicyclic) bond motifs is 1. The molecule has 0 aliphatic carbocycles. The van der Waals surface area contributed by atoms with Crippen LogP contribution in [-0.4, -0.2) is 47.7 Å². The number of carbonyl (C=O) groups excluding carboxylic acids is 2. The number of amides is 1. The summed E-state index contributed by atoms with van der Waals surface area (Å²) in [4.78, 5) is 26.2. The van der Waals surface area contributed by atoms with Gasteiger partial charge in [0, 0.05) is 17.1 Å². The first-order valence-corrected chi connectivity index (χ1v) is 7.70. The van der Waals surface area contributed by atoms with E-state index in [0.717, 1.165) is 11.3 Å². The van der Waals surface area contributed by atoms with Crippen LogP contribution in [0.4, 0.5) is 0 Å². The van der Waals surface area contributed by atoms with Gasteiger partial charge in [0.05, 0.1) is 32.0 Å². The normalized spacial score (nSPS) is 13.4. The highest BCUT2D eigenvalue weighted by Crippen LogP contribution is 2.27. The van der Waals surface area contributed by atoms with Crippen molar-refractivity contribution in [3.05, 3.63) is 45.7 Å². The van der Waals surface area contributed by atoms with E-state index in [0.29, 0.717) is 35.8 Å². The first-order chi connectivity index (χ1) is 11.5. The fraction of sp³-hybridized carbons (Fsp3) is 0.312. The fourth-order valence-corrected chi connectivity index (χ4v) is 2.95. The van der Waals surface area contributed by atoms with Crippen LogP contribution >= 0.6 is 11.6 Å². The number of benzene rings is 1. The second-order valence-corrected chi connectivity index (χ2v) is 5.78. The molecule has 1 amide bonds. The van der Waals surface area contributed by atoms with E-state index in [-0.39, 0.29) is 11.6 Å². The molecule has 2 aromatic rings. The van der Waals surface area contributed by atoms with Crippen molar-refractivity contribution in [1.29, 1.82) is 0 Å². The van der Waals surface area contributed by atoms with Crippen LogP contribution in [0, 0.1) is 0 Å². The molecule has 0 fully saturated rings. The molecule has 2 heterocycles. The Morgan fingerprint density at radius 1 is 1.33 bits per heavy atom. The summed E-state index contributed by atoms with van der Waals surface area (Å²) >= 11 is 6.00. The number of H-pyrrole nitrogens is 1. The number of nitrogens with one attached hydrogen (secondary N) is 1. The summed E-state index contributed by atoms with van der Waals surface area (Å²) in [5.41, 5.74) is 2.21. The zero-order valence-corrected chi connectivity index (χ0v) is 14.0. The molecule has 1 aromatic heterocycles. The zero-order valence-electron chi connectivity index (χ0n) is 13.3. The summed E-state index contributed by atoms with van der Waals surface area (Å²) in [6, 6.07) is 4.92. The molecule has 0 saturated heterocycles. The highest BCUT2D eigenvalue weighted by molar-refractivity contribution is 6.31. The lowest BCUT2D eigenvalue weighted by molar-refractivity contribution is 0.0592. The van der Waals surface area contributed by atoms with Crippen molar-refractivity contribution in [2.75, 3.05) is 20.8 Å². The average Bonchev–Trinajstić information content (AvgIpc) is 3.03. The van der Waals surface area contributed by atoms with E-state index in [1.54, 1.807) is 23.1 Å². The second kappa shape index (κ2) is 6.52. The number of halogens is 1. The summed E-state index contributed by atoms with van der Waals surface area (Å²) in [5.74, 6) is -0.201. The van der Waals surface area contributed by atoms with Gasteiger partial charge in [0.15, 0.2) is 5.69 Å². The SMILES string of the molecule is COC(=O)c1n[nH]c2c1CCN(C(=O)c1cc(Cl)ccc1OC)C2. The molecule has 0 atom stereocenters. The van der Waals surface area contributed by atoms with E-state index >= 15 is 0 Å². The third-order valence-corrected chi connectivity index (χ3v) is 4.23. The zero-order chi connectivity index (χ0) is 17.3. The van der Waals surface area contributed by atoms with E-state index in [9.17, 15) is 9.59 Å². The van der Waals surface area contributed by atoms with Gasteiger partial charge < -0.3 is 14.4 Å². The third-order valence-electron chi connectivity index (χ3n) is 3.99. The van der Waals surface area contributed by atoms with E-state index in [2.05, 4.69) is 10.2 Å². The van der Waals surface area contributed by atoms with Gasteiger partial charge >= 0.3 is 5.97 Å². The molecule has 0 spiro atoms. The van der Waals surface area contributed by atoms with Crippen LogP contribution in [0.15, 0.2) is 18.2 Å². The minimum atomic E-state index is -0.483. The van der Waals surface area contributed by atoms with Crippen molar-refractivity contribution in [3.63, 3.8) is 0 Å². The fourth-order valence-electron chi connectivity index (χ4n) is 2.77. The number of aromatic nitrogens is 2. The molecule has 0 unspecified atom stereocenters. The predicted molar refractivity (Wildman–Crippen MR) is 86.4 cm³/mol. The molecule has 126 valence electrons. The number of aromatic amines is 1. The minimum absolute atomic E-state index is 0.186. The maximum atomic E-state index is 12.8. The van der Waals surface area contributed by atoms with Crippen molar-refractivity contribution in [2.45, 2.75) is 13.0 Å². The Labute approximate surface area is 143 Å². The Morgan fingerprint density at radius 3 is 2.83 bits per heavy atom.